The number of oxazole rings is 1. The fraction of sp³-hybridized carbons (Fsp3) is 0.217. The van der Waals surface area contributed by atoms with E-state index in [1.165, 1.54) is 11.8 Å². The lowest BCUT2D eigenvalue weighted by molar-refractivity contribution is -0.112. The molecule has 0 saturated heterocycles. The van der Waals surface area contributed by atoms with Crippen molar-refractivity contribution in [3.8, 4) is 22.6 Å². The molecule has 0 unspecified atom stereocenters. The van der Waals surface area contributed by atoms with Gasteiger partial charge in [0.05, 0.1) is 5.75 Å². The van der Waals surface area contributed by atoms with Crippen molar-refractivity contribution in [1.82, 2.24) is 4.98 Å². The van der Waals surface area contributed by atoms with Crippen molar-refractivity contribution in [2.24, 2.45) is 5.92 Å². The maximum Gasteiger partial charge on any atom is 0.257 e. The molecule has 0 fully saturated rings. The summed E-state index contributed by atoms with van der Waals surface area (Å²) in [5.41, 5.74) is 2.76. The lowest BCUT2D eigenvalue weighted by Crippen LogP contribution is -1.96. The first kappa shape index (κ1) is 19.2. The fourth-order valence-electron chi connectivity index (χ4n) is 2.59. The predicted molar refractivity (Wildman–Crippen MR) is 112 cm³/mol. The average Bonchev–Trinajstić information content (AvgIpc) is 3.12. The Kier molecular flexibility index (Phi) is 6.66. The number of hydrogen-bond donors (Lipinski definition) is 0. The molecule has 138 valence electrons. The quantitative estimate of drug-likeness (QED) is 0.343. The van der Waals surface area contributed by atoms with E-state index in [2.05, 4.69) is 18.8 Å². The van der Waals surface area contributed by atoms with Crippen LogP contribution in [0.3, 0.4) is 0 Å². The first-order chi connectivity index (χ1) is 13.1. The third-order valence-corrected chi connectivity index (χ3v) is 4.79. The molecule has 0 N–H and O–H groups in total. The van der Waals surface area contributed by atoms with Gasteiger partial charge in [-0.05, 0) is 18.4 Å². The van der Waals surface area contributed by atoms with Crippen LogP contribution in [0, 0.1) is 5.92 Å². The number of carbonyl (C=O) groups is 1. The molecule has 0 aliphatic rings. The summed E-state index contributed by atoms with van der Waals surface area (Å²) in [7, 11) is 0. The Morgan fingerprint density at radius 2 is 1.67 bits per heavy atom. The second-order valence-corrected chi connectivity index (χ2v) is 7.60. The SMILES string of the molecule is CC(C)C/C=C/C(=O)CSc1nc(-c2ccccc2)c(-c2ccccc2)o1. The van der Waals surface area contributed by atoms with Gasteiger partial charge in [0.15, 0.2) is 11.5 Å². The van der Waals surface area contributed by atoms with Crippen LogP contribution >= 0.6 is 11.8 Å². The van der Waals surface area contributed by atoms with Gasteiger partial charge < -0.3 is 4.42 Å². The summed E-state index contributed by atoms with van der Waals surface area (Å²) in [5, 5.41) is 0.512. The highest BCUT2D eigenvalue weighted by atomic mass is 32.2. The largest absolute Gasteiger partial charge is 0.431 e. The molecule has 0 radical (unpaired) electrons. The third kappa shape index (κ3) is 5.44. The lowest BCUT2D eigenvalue weighted by Gasteiger charge is -2.00. The predicted octanol–water partition coefficient (Wildman–Crippen LogP) is 6.27. The molecule has 0 saturated carbocycles. The second kappa shape index (κ2) is 9.38. The number of benzene rings is 2. The smallest absolute Gasteiger partial charge is 0.257 e. The maximum absolute atomic E-state index is 12.1. The average molecular weight is 378 g/mol. The third-order valence-electron chi connectivity index (χ3n) is 3.94. The van der Waals surface area contributed by atoms with Crippen LogP contribution in [0.4, 0.5) is 0 Å². The van der Waals surface area contributed by atoms with Crippen LogP contribution in [0.1, 0.15) is 20.3 Å². The van der Waals surface area contributed by atoms with E-state index >= 15 is 0 Å². The van der Waals surface area contributed by atoms with Crippen molar-refractivity contribution < 1.29 is 9.21 Å². The van der Waals surface area contributed by atoms with E-state index in [1.807, 2.05) is 66.7 Å². The van der Waals surface area contributed by atoms with Gasteiger partial charge in [-0.1, -0.05) is 92.3 Å². The molecule has 0 amide bonds. The molecule has 0 aliphatic heterocycles. The number of nitrogens with zero attached hydrogens (tertiary/aromatic N) is 1. The van der Waals surface area contributed by atoms with Crippen LogP contribution < -0.4 is 0 Å². The summed E-state index contributed by atoms with van der Waals surface area (Å²) < 4.78 is 6.02. The second-order valence-electron chi connectivity index (χ2n) is 6.68. The monoisotopic (exact) mass is 377 g/mol. The topological polar surface area (TPSA) is 43.1 Å². The Morgan fingerprint density at radius 1 is 1.04 bits per heavy atom. The molecule has 0 bridgehead atoms. The van der Waals surface area contributed by atoms with E-state index < -0.39 is 0 Å². The molecule has 0 aliphatic carbocycles. The van der Waals surface area contributed by atoms with Gasteiger partial charge in [0.1, 0.15) is 5.69 Å². The van der Waals surface area contributed by atoms with E-state index in [0.29, 0.717) is 16.9 Å². The molecule has 4 heteroatoms. The summed E-state index contributed by atoms with van der Waals surface area (Å²) in [4.78, 5) is 16.7. The first-order valence-electron chi connectivity index (χ1n) is 9.07. The van der Waals surface area contributed by atoms with E-state index in [0.717, 1.165) is 29.0 Å². The van der Waals surface area contributed by atoms with Crippen LogP contribution in [-0.2, 0) is 4.79 Å². The number of carbonyl (C=O) groups excluding carboxylic acids is 1. The number of allylic oxidation sites excluding steroid dienone is 2. The zero-order chi connectivity index (χ0) is 19.1. The molecule has 3 aromatic rings. The molecule has 0 spiro atoms. The Morgan fingerprint density at radius 3 is 2.30 bits per heavy atom. The zero-order valence-corrected chi connectivity index (χ0v) is 16.4. The molecule has 0 atom stereocenters. The molecule has 1 heterocycles. The van der Waals surface area contributed by atoms with Gasteiger partial charge in [-0.3, -0.25) is 4.79 Å². The Hall–Kier alpha value is -2.59. The van der Waals surface area contributed by atoms with Crippen molar-refractivity contribution in [3.05, 3.63) is 72.8 Å². The molecule has 1 aromatic heterocycles. The van der Waals surface area contributed by atoms with E-state index in [1.54, 1.807) is 6.08 Å². The van der Waals surface area contributed by atoms with Crippen LogP contribution in [0.15, 0.2) is 82.5 Å². The van der Waals surface area contributed by atoms with Crippen LogP contribution in [0.5, 0.6) is 0 Å². The molecule has 3 rings (SSSR count). The van der Waals surface area contributed by atoms with E-state index in [-0.39, 0.29) is 5.78 Å². The number of aromatic nitrogens is 1. The first-order valence-corrected chi connectivity index (χ1v) is 10.1. The maximum atomic E-state index is 12.1. The fourth-order valence-corrected chi connectivity index (χ4v) is 3.25. The molecule has 2 aromatic carbocycles. The van der Waals surface area contributed by atoms with Crippen molar-refractivity contribution in [2.75, 3.05) is 5.75 Å². The van der Waals surface area contributed by atoms with Crippen molar-refractivity contribution in [1.29, 1.82) is 0 Å². The number of thioether (sulfide) groups is 1. The molecule has 3 nitrogen and oxygen atoms in total. The van der Waals surface area contributed by atoms with Crippen LogP contribution in [-0.4, -0.2) is 16.5 Å². The lowest BCUT2D eigenvalue weighted by atomic mass is 10.1. The van der Waals surface area contributed by atoms with Crippen LogP contribution in [0.25, 0.3) is 22.6 Å². The summed E-state index contributed by atoms with van der Waals surface area (Å²) >= 11 is 1.33. The van der Waals surface area contributed by atoms with Gasteiger partial charge in [-0.15, -0.1) is 0 Å². The minimum atomic E-state index is 0.0707. The standard InChI is InChI=1S/C23H23NO2S/c1-17(2)10-9-15-20(25)16-27-23-24-21(18-11-5-3-6-12-18)22(26-23)19-13-7-4-8-14-19/h3-9,11-15,17H,10,16H2,1-2H3/b15-9+. The van der Waals surface area contributed by atoms with Gasteiger partial charge in [-0.2, -0.15) is 0 Å². The van der Waals surface area contributed by atoms with Crippen molar-refractivity contribution >= 4 is 17.5 Å². The minimum absolute atomic E-state index is 0.0707. The van der Waals surface area contributed by atoms with Gasteiger partial charge >= 0.3 is 0 Å². The number of rotatable bonds is 8. The highest BCUT2D eigenvalue weighted by Crippen LogP contribution is 2.35. The summed E-state index contributed by atoms with van der Waals surface area (Å²) in [5.74, 6) is 1.67. The van der Waals surface area contributed by atoms with Gasteiger partial charge in [0.25, 0.3) is 5.22 Å². The van der Waals surface area contributed by atoms with Crippen molar-refractivity contribution in [2.45, 2.75) is 25.5 Å². The number of hydrogen-bond acceptors (Lipinski definition) is 4. The van der Waals surface area contributed by atoms with Crippen molar-refractivity contribution in [3.63, 3.8) is 0 Å². The summed E-state index contributed by atoms with van der Waals surface area (Å²) in [6, 6.07) is 19.9. The van der Waals surface area contributed by atoms with Gasteiger partial charge in [0, 0.05) is 11.1 Å². The van der Waals surface area contributed by atoms with E-state index in [4.69, 9.17) is 4.42 Å². The van der Waals surface area contributed by atoms with Gasteiger partial charge in [0.2, 0.25) is 0 Å². The van der Waals surface area contributed by atoms with Gasteiger partial charge in [-0.25, -0.2) is 4.98 Å². The normalized spacial score (nSPS) is 11.4. The highest BCUT2D eigenvalue weighted by molar-refractivity contribution is 7.99. The number of ketones is 1. The molecular weight excluding hydrogens is 354 g/mol. The Labute approximate surface area is 164 Å². The highest BCUT2D eigenvalue weighted by Gasteiger charge is 2.17. The minimum Gasteiger partial charge on any atom is -0.431 e. The Bertz CT molecular complexity index is 842. The van der Waals surface area contributed by atoms with E-state index in [9.17, 15) is 4.79 Å². The molecular formula is C23H23NO2S. The molecule has 27 heavy (non-hydrogen) atoms. The zero-order valence-electron chi connectivity index (χ0n) is 15.6. The summed E-state index contributed by atoms with van der Waals surface area (Å²) in [6.45, 7) is 4.26. The summed E-state index contributed by atoms with van der Waals surface area (Å²) in [6.07, 6.45) is 4.51. The van der Waals surface area contributed by atoms with Crippen LogP contribution in [0.2, 0.25) is 0 Å². The Balaban J connectivity index is 1.80.